The van der Waals surface area contributed by atoms with Gasteiger partial charge in [0.05, 0.1) is 0 Å². The molecule has 0 aromatic heterocycles. The Morgan fingerprint density at radius 3 is 1.97 bits per heavy atom. The summed E-state index contributed by atoms with van der Waals surface area (Å²) in [5, 5.41) is 5.23. The molecule has 0 aliphatic heterocycles. The number of rotatable bonds is 1. The van der Waals surface area contributed by atoms with E-state index in [2.05, 4.69) is 120 Å². The fourth-order valence-electron chi connectivity index (χ4n) is 3.92. The second-order valence-corrected chi connectivity index (χ2v) is 7.70. The predicted molar refractivity (Wildman–Crippen MR) is 156 cm³/mol. The van der Waals surface area contributed by atoms with E-state index >= 15 is 0 Å². The van der Waals surface area contributed by atoms with Crippen molar-refractivity contribution in [3.05, 3.63) is 117 Å². The van der Waals surface area contributed by atoms with Gasteiger partial charge in [0.1, 0.15) is 0 Å². The Morgan fingerprint density at radius 2 is 1.41 bits per heavy atom. The van der Waals surface area contributed by atoms with Crippen LogP contribution in [0.1, 0.15) is 27.7 Å². The first-order valence-electron chi connectivity index (χ1n) is 10.2. The first kappa shape index (κ1) is 34.9. The Balaban J connectivity index is 0. The number of benzene rings is 3. The van der Waals surface area contributed by atoms with Crippen LogP contribution in [0.15, 0.2) is 95.6 Å². The van der Waals surface area contributed by atoms with Crippen molar-refractivity contribution in [2.24, 2.45) is 5.92 Å². The van der Waals surface area contributed by atoms with Gasteiger partial charge in [-0.25, -0.2) is 5.57 Å². The molecule has 180 valence electrons. The monoisotopic (exact) mass is 582 g/mol. The maximum atomic E-state index is 3.36. The molecule has 4 heteroatoms. The number of hydrogen-bond donors (Lipinski definition) is 0. The summed E-state index contributed by atoms with van der Waals surface area (Å²) in [6.07, 6.45) is 3.36. The van der Waals surface area contributed by atoms with Gasteiger partial charge in [0.25, 0.3) is 0 Å². The van der Waals surface area contributed by atoms with Crippen LogP contribution < -0.4 is 0 Å². The van der Waals surface area contributed by atoms with Crippen molar-refractivity contribution in [2.75, 3.05) is 0 Å². The minimum atomic E-state index is 0. The summed E-state index contributed by atoms with van der Waals surface area (Å²) in [4.78, 5) is 0. The molecule has 1 aliphatic rings. The summed E-state index contributed by atoms with van der Waals surface area (Å²) in [5.74, 6) is 0.560. The van der Waals surface area contributed by atoms with E-state index in [0.29, 0.717) is 5.92 Å². The maximum Gasteiger partial charge on any atom is -0.0184 e. The summed E-state index contributed by atoms with van der Waals surface area (Å²) in [7, 11) is 0. The fourth-order valence-corrected chi connectivity index (χ4v) is 3.92. The van der Waals surface area contributed by atoms with E-state index in [1.165, 1.54) is 72.7 Å². The molecule has 0 nitrogen and oxygen atoms in total. The van der Waals surface area contributed by atoms with Gasteiger partial charge in [-0.3, -0.25) is 6.08 Å². The molecule has 4 aromatic rings. The van der Waals surface area contributed by atoms with Crippen LogP contribution in [0, 0.1) is 26.8 Å². The minimum absolute atomic E-state index is 0. The van der Waals surface area contributed by atoms with E-state index < -0.39 is 0 Å². The summed E-state index contributed by atoms with van der Waals surface area (Å²) in [6.45, 7) is 11.7. The van der Waals surface area contributed by atoms with Crippen molar-refractivity contribution in [3.63, 3.8) is 0 Å². The number of hydrogen-bond acceptors (Lipinski definition) is 0. The maximum absolute atomic E-state index is 3.36. The molecular formula is C30H34Cl2SiZr-4. The molecule has 0 saturated heterocycles. The van der Waals surface area contributed by atoms with Crippen LogP contribution in [0.25, 0.3) is 32.7 Å². The molecule has 0 heterocycles. The Kier molecular flexibility index (Phi) is 16.8. The van der Waals surface area contributed by atoms with Gasteiger partial charge in [0, 0.05) is 0 Å². The molecule has 0 amide bonds. The van der Waals surface area contributed by atoms with Crippen molar-refractivity contribution in [3.8, 4) is 11.1 Å². The quantitative estimate of drug-likeness (QED) is 0.154. The Hall–Kier alpha value is -1.31. The van der Waals surface area contributed by atoms with Gasteiger partial charge in [-0.1, -0.05) is 80.8 Å². The van der Waals surface area contributed by atoms with Gasteiger partial charge in [0.2, 0.25) is 0 Å². The third-order valence-corrected chi connectivity index (χ3v) is 5.98. The molecule has 1 atom stereocenters. The van der Waals surface area contributed by atoms with Crippen LogP contribution in [-0.4, -0.2) is 6.88 Å². The number of fused-ring (bicyclic) bond motifs is 2. The largest absolute Gasteiger partial charge is 0.150 e. The van der Waals surface area contributed by atoms with Gasteiger partial charge in [-0.15, -0.1) is 78.4 Å². The molecule has 34 heavy (non-hydrogen) atoms. The summed E-state index contributed by atoms with van der Waals surface area (Å²) in [5.41, 5.74) is 6.86. The molecule has 0 saturated carbocycles. The average Bonchev–Trinajstić information content (AvgIpc) is 3.32. The molecule has 0 spiro atoms. The van der Waals surface area contributed by atoms with Crippen LogP contribution in [0.5, 0.6) is 0 Å². The molecule has 5 rings (SSSR count). The molecular weight excluding hydrogens is 551 g/mol. The van der Waals surface area contributed by atoms with Crippen LogP contribution in [-0.2, 0) is 23.3 Å². The fraction of sp³-hybridized carbons (Fsp3) is 0.167. The van der Waals surface area contributed by atoms with Gasteiger partial charge in [-0.2, -0.15) is 11.1 Å². The summed E-state index contributed by atoms with van der Waals surface area (Å²) >= 11 is 1.36. The summed E-state index contributed by atoms with van der Waals surface area (Å²) < 4.78 is 0. The van der Waals surface area contributed by atoms with Crippen molar-refractivity contribution < 1.29 is 23.3 Å². The molecule has 2 radical (unpaired) electrons. The van der Waals surface area contributed by atoms with Gasteiger partial charge in [0.15, 0.2) is 0 Å². The topological polar surface area (TPSA) is 0 Å². The third kappa shape index (κ3) is 7.85. The Morgan fingerprint density at radius 1 is 0.824 bits per heavy atom. The molecule has 0 fully saturated rings. The molecule has 0 bridgehead atoms. The van der Waals surface area contributed by atoms with E-state index in [1.54, 1.807) is 0 Å². The summed E-state index contributed by atoms with van der Waals surface area (Å²) in [6, 6.07) is 28.2. The second kappa shape index (κ2) is 16.4. The molecule has 1 unspecified atom stereocenters. The van der Waals surface area contributed by atoms with E-state index in [-0.39, 0.29) is 39.7 Å². The zero-order valence-corrected chi connectivity index (χ0v) is 26.0. The van der Waals surface area contributed by atoms with Crippen LogP contribution >= 0.6 is 24.8 Å². The van der Waals surface area contributed by atoms with E-state index in [0.717, 1.165) is 0 Å². The van der Waals surface area contributed by atoms with Crippen molar-refractivity contribution >= 4 is 53.2 Å². The SMILES string of the molecule is CC1=[C-]C(C)C(C)=C1C.Cl.Cl.[CH3-].[CH3-].[Si]=[Zr].c1ccc2cc(-c3c[cH-]c4ccccc34)ccc2c1. The number of halogens is 2. The zero-order valence-electron chi connectivity index (χ0n) is 20.9. The number of allylic oxidation sites excluding steroid dienone is 4. The zero-order chi connectivity index (χ0) is 21.7. The molecule has 1 aliphatic carbocycles. The van der Waals surface area contributed by atoms with Crippen LogP contribution in [0.4, 0.5) is 0 Å². The Labute approximate surface area is 236 Å². The van der Waals surface area contributed by atoms with E-state index in [1.807, 2.05) is 0 Å². The minimum Gasteiger partial charge on any atom is -0.150 e. The van der Waals surface area contributed by atoms with Crippen molar-refractivity contribution in [1.29, 1.82) is 0 Å². The standard InChI is InChI=1S/C19H13.C9H13.2CH3.2ClH.Si.Zr/c1-2-7-16-13-17(10-9-14(16)5-1)19-12-11-15-6-3-4-8-18(15)19;1-6-5-7(2)9(4)8(6)3;;;;;;/h1-13H;6H,1-4H3;2*1H3;2*1H;;/q4*-1;;;;. The first-order valence-corrected chi connectivity index (χ1v) is 14.4. The van der Waals surface area contributed by atoms with Crippen molar-refractivity contribution in [1.82, 2.24) is 0 Å². The third-order valence-electron chi connectivity index (χ3n) is 5.98. The smallest absolute Gasteiger partial charge is 0.0184 e. The van der Waals surface area contributed by atoms with Crippen LogP contribution in [0.2, 0.25) is 0 Å². The van der Waals surface area contributed by atoms with Crippen LogP contribution in [0.3, 0.4) is 0 Å². The van der Waals surface area contributed by atoms with Gasteiger partial charge >= 0.3 is 30.2 Å². The molecule has 4 aromatic carbocycles. The van der Waals surface area contributed by atoms with Gasteiger partial charge < -0.3 is 14.9 Å². The first-order chi connectivity index (χ1) is 14.5. The van der Waals surface area contributed by atoms with E-state index in [9.17, 15) is 0 Å². The molecule has 0 N–H and O–H groups in total. The Bertz CT molecular complexity index is 1240. The van der Waals surface area contributed by atoms with Crippen molar-refractivity contribution in [2.45, 2.75) is 27.7 Å². The predicted octanol–water partition coefficient (Wildman–Crippen LogP) is 9.46. The normalized spacial score (nSPS) is 13.5. The average molecular weight is 585 g/mol. The second-order valence-electron chi connectivity index (χ2n) is 7.70. The van der Waals surface area contributed by atoms with E-state index in [4.69, 9.17) is 0 Å². The van der Waals surface area contributed by atoms with Gasteiger partial charge in [-0.05, 0) is 10.8 Å².